The minimum Gasteiger partial charge on any atom is -0.348 e. The zero-order valence-corrected chi connectivity index (χ0v) is 16.8. The number of benzene rings is 1. The van der Waals surface area contributed by atoms with E-state index in [1.165, 1.54) is 36.0 Å². The van der Waals surface area contributed by atoms with Crippen molar-refractivity contribution in [3.05, 3.63) is 34.7 Å². The summed E-state index contributed by atoms with van der Waals surface area (Å²) in [6, 6.07) is 7.34. The highest BCUT2D eigenvalue weighted by Crippen LogP contribution is 2.39. The van der Waals surface area contributed by atoms with E-state index in [0.29, 0.717) is 11.5 Å². The van der Waals surface area contributed by atoms with Crippen LogP contribution in [0, 0.1) is 0 Å². The Morgan fingerprint density at radius 2 is 2.00 bits per heavy atom. The molecule has 0 bridgehead atoms. The summed E-state index contributed by atoms with van der Waals surface area (Å²) in [6.07, 6.45) is 5.93. The van der Waals surface area contributed by atoms with Gasteiger partial charge in [-0.3, -0.25) is 0 Å². The van der Waals surface area contributed by atoms with E-state index in [-0.39, 0.29) is 12.4 Å². The molecule has 25 heavy (non-hydrogen) atoms. The van der Waals surface area contributed by atoms with Crippen molar-refractivity contribution in [3.8, 4) is 11.3 Å². The van der Waals surface area contributed by atoms with Gasteiger partial charge < -0.3 is 10.6 Å². The van der Waals surface area contributed by atoms with Gasteiger partial charge in [0.05, 0.1) is 5.69 Å². The molecule has 1 saturated heterocycles. The van der Waals surface area contributed by atoms with Gasteiger partial charge in [-0.05, 0) is 54.7 Å². The molecule has 1 aromatic carbocycles. The summed E-state index contributed by atoms with van der Waals surface area (Å²) in [5.41, 5.74) is 11.8. The zero-order chi connectivity index (χ0) is 16.7. The van der Waals surface area contributed by atoms with Crippen molar-refractivity contribution in [2.45, 2.75) is 57.4 Å². The number of halogens is 1. The third-order valence-electron chi connectivity index (χ3n) is 5.68. The summed E-state index contributed by atoms with van der Waals surface area (Å²) in [5, 5.41) is 3.36. The number of nitrogens with zero attached hydrogens (tertiary/aromatic N) is 2. The second kappa shape index (κ2) is 7.26. The monoisotopic (exact) mass is 377 g/mol. The lowest BCUT2D eigenvalue weighted by molar-refractivity contribution is 0.432. The largest absolute Gasteiger partial charge is 0.348 e. The number of hydrogen-bond acceptors (Lipinski definition) is 4. The van der Waals surface area contributed by atoms with E-state index in [4.69, 9.17) is 10.7 Å². The Bertz CT molecular complexity index is 732. The number of aromatic nitrogens is 1. The van der Waals surface area contributed by atoms with Crippen LogP contribution < -0.4 is 10.6 Å². The van der Waals surface area contributed by atoms with Gasteiger partial charge in [0.1, 0.15) is 0 Å². The molecule has 5 heteroatoms. The van der Waals surface area contributed by atoms with Crippen molar-refractivity contribution in [1.29, 1.82) is 0 Å². The second-order valence-corrected chi connectivity index (χ2v) is 8.79. The van der Waals surface area contributed by atoms with Gasteiger partial charge in [-0.15, -0.1) is 23.7 Å². The summed E-state index contributed by atoms with van der Waals surface area (Å²) in [4.78, 5) is 7.31. The molecule has 2 N–H and O–H groups in total. The Morgan fingerprint density at radius 3 is 2.76 bits per heavy atom. The molecule has 1 aromatic heterocycles. The normalized spacial score (nSPS) is 20.0. The van der Waals surface area contributed by atoms with Crippen molar-refractivity contribution in [3.63, 3.8) is 0 Å². The van der Waals surface area contributed by atoms with Gasteiger partial charge >= 0.3 is 0 Å². The summed E-state index contributed by atoms with van der Waals surface area (Å²) in [5.74, 6) is 0. The van der Waals surface area contributed by atoms with E-state index in [1.807, 2.05) is 0 Å². The molecule has 2 aliphatic rings. The van der Waals surface area contributed by atoms with E-state index in [2.05, 4.69) is 42.3 Å². The van der Waals surface area contributed by atoms with Crippen LogP contribution in [0.5, 0.6) is 0 Å². The smallest absolute Gasteiger partial charge is 0.185 e. The fourth-order valence-electron chi connectivity index (χ4n) is 4.11. The minimum absolute atomic E-state index is 0. The average Bonchev–Trinajstić information content (AvgIpc) is 3.05. The van der Waals surface area contributed by atoms with Gasteiger partial charge in [0.15, 0.2) is 5.13 Å². The van der Waals surface area contributed by atoms with Crippen molar-refractivity contribution >= 4 is 28.9 Å². The van der Waals surface area contributed by atoms with Crippen LogP contribution in [-0.4, -0.2) is 24.1 Å². The van der Waals surface area contributed by atoms with E-state index in [9.17, 15) is 0 Å². The fourth-order valence-corrected chi connectivity index (χ4v) is 5.00. The van der Waals surface area contributed by atoms with Gasteiger partial charge in [0.25, 0.3) is 0 Å². The van der Waals surface area contributed by atoms with Gasteiger partial charge in [0.2, 0.25) is 0 Å². The third-order valence-corrected chi connectivity index (χ3v) is 6.58. The summed E-state index contributed by atoms with van der Waals surface area (Å²) >= 11 is 1.76. The molecule has 1 aliphatic carbocycles. The second-order valence-electron chi connectivity index (χ2n) is 7.95. The first-order valence-corrected chi connectivity index (χ1v) is 10.0. The lowest BCUT2D eigenvalue weighted by Gasteiger charge is -2.32. The number of nitrogens with two attached hydrogens (primary N) is 1. The van der Waals surface area contributed by atoms with Crippen molar-refractivity contribution in [2.75, 3.05) is 18.0 Å². The first-order valence-electron chi connectivity index (χ1n) is 9.13. The molecule has 0 saturated carbocycles. The van der Waals surface area contributed by atoms with E-state index < -0.39 is 0 Å². The molecule has 0 unspecified atom stereocenters. The van der Waals surface area contributed by atoms with Crippen LogP contribution in [0.2, 0.25) is 0 Å². The Morgan fingerprint density at radius 1 is 1.24 bits per heavy atom. The minimum atomic E-state index is 0. The molecule has 0 radical (unpaired) electrons. The molecule has 0 spiro atoms. The first-order chi connectivity index (χ1) is 11.5. The summed E-state index contributed by atoms with van der Waals surface area (Å²) in [7, 11) is 0. The Balaban J connectivity index is 0.00000182. The number of hydrogen-bond donors (Lipinski definition) is 1. The van der Waals surface area contributed by atoms with E-state index in [0.717, 1.165) is 36.8 Å². The molecule has 1 fully saturated rings. The Labute approximate surface area is 161 Å². The maximum absolute atomic E-state index is 6.01. The van der Waals surface area contributed by atoms with Crippen LogP contribution in [0.3, 0.4) is 0 Å². The zero-order valence-electron chi connectivity index (χ0n) is 15.1. The summed E-state index contributed by atoms with van der Waals surface area (Å²) < 4.78 is 0. The van der Waals surface area contributed by atoms with Gasteiger partial charge in [-0.1, -0.05) is 26.0 Å². The molecule has 0 atom stereocenters. The van der Waals surface area contributed by atoms with Crippen LogP contribution >= 0.6 is 23.7 Å². The SMILES string of the molecule is CC1(C)CCCc2cc(-c3csc(N4CCC(N)CC4)n3)ccc21.Cl. The molecular weight excluding hydrogens is 350 g/mol. The molecule has 0 amide bonds. The average molecular weight is 378 g/mol. The highest BCUT2D eigenvalue weighted by atomic mass is 35.5. The number of piperidine rings is 1. The number of rotatable bonds is 2. The molecule has 1 aliphatic heterocycles. The van der Waals surface area contributed by atoms with Crippen molar-refractivity contribution in [2.24, 2.45) is 5.73 Å². The number of fused-ring (bicyclic) bond motifs is 1. The predicted octanol–water partition coefficient (Wildman–Crippen LogP) is 4.77. The number of aryl methyl sites for hydroxylation is 1. The topological polar surface area (TPSA) is 42.1 Å². The lowest BCUT2D eigenvalue weighted by Crippen LogP contribution is -2.39. The molecular formula is C20H28ClN3S. The maximum Gasteiger partial charge on any atom is 0.185 e. The molecule has 4 rings (SSSR count). The third kappa shape index (κ3) is 3.71. The Kier molecular flexibility index (Phi) is 5.42. The van der Waals surface area contributed by atoms with Crippen LogP contribution in [0.25, 0.3) is 11.3 Å². The van der Waals surface area contributed by atoms with Crippen LogP contribution in [0.15, 0.2) is 23.6 Å². The predicted molar refractivity (Wildman–Crippen MR) is 110 cm³/mol. The number of thiazole rings is 1. The van der Waals surface area contributed by atoms with Crippen LogP contribution in [-0.2, 0) is 11.8 Å². The standard InChI is InChI=1S/C20H27N3S.ClH/c1-20(2)9-3-4-14-12-15(5-6-17(14)20)18-13-24-19(22-18)23-10-7-16(21)8-11-23;/h5-6,12-13,16H,3-4,7-11,21H2,1-2H3;1H. The van der Waals surface area contributed by atoms with E-state index >= 15 is 0 Å². The van der Waals surface area contributed by atoms with Crippen LogP contribution in [0.1, 0.15) is 50.7 Å². The highest BCUT2D eigenvalue weighted by molar-refractivity contribution is 7.14. The van der Waals surface area contributed by atoms with E-state index in [1.54, 1.807) is 11.3 Å². The Hall–Kier alpha value is -1.10. The molecule has 3 nitrogen and oxygen atoms in total. The fraction of sp³-hybridized carbons (Fsp3) is 0.550. The van der Waals surface area contributed by atoms with Gasteiger partial charge in [-0.2, -0.15) is 0 Å². The van der Waals surface area contributed by atoms with Crippen LogP contribution in [0.4, 0.5) is 5.13 Å². The summed E-state index contributed by atoms with van der Waals surface area (Å²) in [6.45, 7) is 6.80. The van der Waals surface area contributed by atoms with Gasteiger partial charge in [-0.25, -0.2) is 4.98 Å². The molecule has 2 heterocycles. The van der Waals surface area contributed by atoms with Crippen molar-refractivity contribution < 1.29 is 0 Å². The molecule has 2 aromatic rings. The maximum atomic E-state index is 6.01. The quantitative estimate of drug-likeness (QED) is 0.819. The number of anilines is 1. The molecule has 136 valence electrons. The van der Waals surface area contributed by atoms with Gasteiger partial charge in [0, 0.05) is 30.1 Å². The lowest BCUT2D eigenvalue weighted by atomic mass is 9.72. The van der Waals surface area contributed by atoms with Crippen molar-refractivity contribution in [1.82, 2.24) is 4.98 Å². The first kappa shape index (κ1) is 18.7. The highest BCUT2D eigenvalue weighted by Gasteiger charge is 2.27.